The Labute approximate surface area is 176 Å². The van der Waals surface area contributed by atoms with Gasteiger partial charge < -0.3 is 14.0 Å². The lowest BCUT2D eigenvalue weighted by Gasteiger charge is -2.14. The second-order valence-corrected chi connectivity index (χ2v) is 7.46. The molecule has 0 saturated heterocycles. The third-order valence-electron chi connectivity index (χ3n) is 4.51. The molecule has 9 heteroatoms. The van der Waals surface area contributed by atoms with Crippen molar-refractivity contribution < 1.29 is 14.0 Å². The van der Waals surface area contributed by atoms with Crippen molar-refractivity contribution >= 4 is 22.7 Å². The lowest BCUT2D eigenvalue weighted by Crippen LogP contribution is -2.24. The van der Waals surface area contributed by atoms with Crippen LogP contribution in [0.15, 0.2) is 56.9 Å². The fraction of sp³-hybridized carbons (Fsp3) is 0.238. The number of fused-ring (bicyclic) bond motifs is 1. The van der Waals surface area contributed by atoms with Crippen molar-refractivity contribution in [1.82, 2.24) is 19.7 Å². The number of rotatable bonds is 7. The first-order valence-electron chi connectivity index (χ1n) is 9.21. The maximum atomic E-state index is 13.2. The minimum absolute atomic E-state index is 0.111. The van der Waals surface area contributed by atoms with Crippen molar-refractivity contribution in [1.29, 1.82) is 0 Å². The number of ether oxygens (including phenoxy) is 2. The van der Waals surface area contributed by atoms with E-state index < -0.39 is 0 Å². The van der Waals surface area contributed by atoms with Gasteiger partial charge in [0.2, 0.25) is 5.89 Å². The van der Waals surface area contributed by atoms with Crippen molar-refractivity contribution in [2.24, 2.45) is 0 Å². The summed E-state index contributed by atoms with van der Waals surface area (Å²) in [6.07, 6.45) is 0. The second-order valence-electron chi connectivity index (χ2n) is 6.52. The molecule has 0 aliphatic rings. The highest BCUT2D eigenvalue weighted by atomic mass is 32.2. The number of hydrogen-bond acceptors (Lipinski definition) is 8. The summed E-state index contributed by atoms with van der Waals surface area (Å²) in [6, 6.07) is 12.9. The smallest absolute Gasteiger partial charge is 0.262 e. The van der Waals surface area contributed by atoms with Crippen LogP contribution in [0.2, 0.25) is 0 Å². The predicted molar refractivity (Wildman–Crippen MR) is 113 cm³/mol. The minimum atomic E-state index is -0.111. The highest BCUT2D eigenvalue weighted by Gasteiger charge is 2.15. The van der Waals surface area contributed by atoms with Crippen LogP contribution in [0.5, 0.6) is 11.5 Å². The van der Waals surface area contributed by atoms with Gasteiger partial charge in [-0.1, -0.05) is 35.1 Å². The Morgan fingerprint density at radius 2 is 1.87 bits per heavy atom. The largest absolute Gasteiger partial charge is 0.493 e. The lowest BCUT2D eigenvalue weighted by atomic mass is 10.2. The molecule has 0 N–H and O–H groups in total. The standard InChI is InChI=1S/C21H20N4O4S/c1-13-22-19(29-24-13)12-30-21-23-16-7-5-4-6-15(16)20(26)25(21)11-14-8-9-17(27-2)18(10-14)28-3/h4-10H,11-12H2,1-3H3. The molecule has 0 bridgehead atoms. The Kier molecular flexibility index (Phi) is 5.71. The van der Waals surface area contributed by atoms with Gasteiger partial charge in [-0.15, -0.1) is 0 Å². The van der Waals surface area contributed by atoms with Crippen molar-refractivity contribution in [3.8, 4) is 11.5 Å². The van der Waals surface area contributed by atoms with Crippen LogP contribution < -0.4 is 15.0 Å². The van der Waals surface area contributed by atoms with Gasteiger partial charge in [0, 0.05) is 0 Å². The summed E-state index contributed by atoms with van der Waals surface area (Å²) in [4.78, 5) is 22.2. The SMILES string of the molecule is COc1ccc(Cn2c(SCc3nc(C)no3)nc3ccccc3c2=O)cc1OC. The van der Waals surface area contributed by atoms with Gasteiger partial charge in [-0.25, -0.2) is 4.98 Å². The summed E-state index contributed by atoms with van der Waals surface area (Å²) >= 11 is 1.38. The van der Waals surface area contributed by atoms with Gasteiger partial charge >= 0.3 is 0 Å². The fourth-order valence-corrected chi connectivity index (χ4v) is 3.92. The molecular weight excluding hydrogens is 404 g/mol. The van der Waals surface area contributed by atoms with Gasteiger partial charge in [0.05, 0.1) is 37.4 Å². The molecule has 0 saturated carbocycles. The lowest BCUT2D eigenvalue weighted by molar-refractivity contribution is 0.354. The van der Waals surface area contributed by atoms with Crippen LogP contribution in [0.1, 0.15) is 17.3 Å². The Balaban J connectivity index is 1.74. The maximum Gasteiger partial charge on any atom is 0.262 e. The van der Waals surface area contributed by atoms with Crippen LogP contribution in [0.4, 0.5) is 0 Å². The zero-order chi connectivity index (χ0) is 21.1. The van der Waals surface area contributed by atoms with Crippen molar-refractivity contribution in [3.63, 3.8) is 0 Å². The first-order chi connectivity index (χ1) is 14.6. The molecule has 0 amide bonds. The van der Waals surface area contributed by atoms with Crippen LogP contribution in [0.3, 0.4) is 0 Å². The number of benzene rings is 2. The highest BCUT2D eigenvalue weighted by molar-refractivity contribution is 7.98. The highest BCUT2D eigenvalue weighted by Crippen LogP contribution is 2.29. The average Bonchev–Trinajstić information content (AvgIpc) is 3.19. The van der Waals surface area contributed by atoms with E-state index in [-0.39, 0.29) is 5.56 Å². The van der Waals surface area contributed by atoms with Crippen LogP contribution >= 0.6 is 11.8 Å². The molecule has 30 heavy (non-hydrogen) atoms. The van der Waals surface area contributed by atoms with Gasteiger partial charge in [0.25, 0.3) is 5.56 Å². The molecule has 0 radical (unpaired) electrons. The molecule has 0 fully saturated rings. The molecule has 0 aliphatic carbocycles. The molecule has 2 heterocycles. The molecule has 4 rings (SSSR count). The van der Waals surface area contributed by atoms with Gasteiger partial charge in [-0.2, -0.15) is 4.98 Å². The summed E-state index contributed by atoms with van der Waals surface area (Å²) in [5.41, 5.74) is 1.43. The van der Waals surface area contributed by atoms with E-state index in [9.17, 15) is 4.79 Å². The fourth-order valence-electron chi connectivity index (χ4n) is 3.08. The van der Waals surface area contributed by atoms with E-state index in [4.69, 9.17) is 19.0 Å². The monoisotopic (exact) mass is 424 g/mol. The van der Waals surface area contributed by atoms with Gasteiger partial charge in [-0.3, -0.25) is 9.36 Å². The molecule has 2 aromatic carbocycles. The Bertz CT molecular complexity index is 1250. The Hall–Kier alpha value is -3.33. The van der Waals surface area contributed by atoms with E-state index in [1.807, 2.05) is 36.4 Å². The molecule has 0 aliphatic heterocycles. The predicted octanol–water partition coefficient (Wildman–Crippen LogP) is 3.45. The topological polar surface area (TPSA) is 92.3 Å². The molecule has 2 aromatic heterocycles. The summed E-state index contributed by atoms with van der Waals surface area (Å²) in [7, 11) is 3.17. The molecule has 0 atom stereocenters. The number of nitrogens with zero attached hydrogens (tertiary/aromatic N) is 4. The summed E-state index contributed by atoms with van der Waals surface area (Å²) in [5, 5.41) is 4.95. The van der Waals surface area contributed by atoms with Crippen molar-refractivity contribution in [3.05, 3.63) is 70.1 Å². The van der Waals surface area contributed by atoms with E-state index in [1.165, 1.54) is 11.8 Å². The van der Waals surface area contributed by atoms with Crippen molar-refractivity contribution in [2.75, 3.05) is 14.2 Å². The quantitative estimate of drug-likeness (QED) is 0.329. The number of aryl methyl sites for hydroxylation is 1. The van der Waals surface area contributed by atoms with E-state index in [1.54, 1.807) is 31.8 Å². The first-order valence-corrected chi connectivity index (χ1v) is 10.2. The average molecular weight is 424 g/mol. The Morgan fingerprint density at radius 1 is 1.07 bits per heavy atom. The summed E-state index contributed by atoms with van der Waals surface area (Å²) in [6.45, 7) is 2.10. The van der Waals surface area contributed by atoms with E-state index >= 15 is 0 Å². The number of thioether (sulfide) groups is 1. The van der Waals surface area contributed by atoms with E-state index in [2.05, 4.69) is 10.1 Å². The molecule has 154 valence electrons. The van der Waals surface area contributed by atoms with Crippen LogP contribution in [-0.2, 0) is 12.3 Å². The maximum absolute atomic E-state index is 13.2. The van der Waals surface area contributed by atoms with Crippen molar-refractivity contribution in [2.45, 2.75) is 24.4 Å². The van der Waals surface area contributed by atoms with E-state index in [0.717, 1.165) is 5.56 Å². The van der Waals surface area contributed by atoms with Crippen LogP contribution in [-0.4, -0.2) is 33.9 Å². The molecule has 0 unspecified atom stereocenters. The van der Waals surface area contributed by atoms with Crippen LogP contribution in [0, 0.1) is 6.92 Å². The van der Waals surface area contributed by atoms with Crippen LogP contribution in [0.25, 0.3) is 10.9 Å². The number of hydrogen-bond donors (Lipinski definition) is 0. The van der Waals surface area contributed by atoms with E-state index in [0.29, 0.717) is 51.6 Å². The summed E-state index contributed by atoms with van der Waals surface area (Å²) < 4.78 is 17.5. The number of methoxy groups -OCH3 is 2. The Morgan fingerprint density at radius 3 is 2.60 bits per heavy atom. The zero-order valence-electron chi connectivity index (χ0n) is 16.8. The van der Waals surface area contributed by atoms with Gasteiger partial charge in [0.1, 0.15) is 0 Å². The minimum Gasteiger partial charge on any atom is -0.493 e. The second kappa shape index (κ2) is 8.58. The normalized spacial score (nSPS) is 11.0. The first kappa shape index (κ1) is 20.0. The van der Waals surface area contributed by atoms with Gasteiger partial charge in [-0.05, 0) is 36.8 Å². The third-order valence-corrected chi connectivity index (χ3v) is 5.47. The molecule has 4 aromatic rings. The number of para-hydroxylation sites is 1. The molecule has 8 nitrogen and oxygen atoms in total. The molecule has 0 spiro atoms. The molecular formula is C21H20N4O4S. The third kappa shape index (κ3) is 4.02. The zero-order valence-corrected chi connectivity index (χ0v) is 17.6. The summed E-state index contributed by atoms with van der Waals surface area (Å²) in [5.74, 6) is 2.70. The number of aromatic nitrogens is 4. The van der Waals surface area contributed by atoms with Gasteiger partial charge in [0.15, 0.2) is 22.5 Å².